The van der Waals surface area contributed by atoms with Crippen LogP contribution in [0.3, 0.4) is 0 Å². The summed E-state index contributed by atoms with van der Waals surface area (Å²) >= 11 is 31.8. The summed E-state index contributed by atoms with van der Waals surface area (Å²) in [7, 11) is 1.50. The first-order valence-corrected chi connectivity index (χ1v) is 13.3. The van der Waals surface area contributed by atoms with Gasteiger partial charge < -0.3 is 9.64 Å². The number of imide groups is 1. The summed E-state index contributed by atoms with van der Waals surface area (Å²) in [6.45, 7) is 0. The lowest BCUT2D eigenvalue weighted by Crippen LogP contribution is -2.67. The maximum Gasteiger partial charge on any atom is 0.264 e. The van der Waals surface area contributed by atoms with Crippen LogP contribution < -0.4 is 9.64 Å². The molecule has 1 saturated heterocycles. The fourth-order valence-electron chi connectivity index (χ4n) is 4.48. The predicted molar refractivity (Wildman–Crippen MR) is 146 cm³/mol. The van der Waals surface area contributed by atoms with E-state index in [2.05, 4.69) is 31.9 Å². The summed E-state index contributed by atoms with van der Waals surface area (Å²) in [5, 5.41) is -0.691. The molecule has 0 saturated carbocycles. The van der Waals surface area contributed by atoms with Crippen LogP contribution in [0.25, 0.3) is 0 Å². The summed E-state index contributed by atoms with van der Waals surface area (Å²) in [4.78, 5) is 43.1. The second kappa shape index (κ2) is 9.49. The Bertz CT molecular complexity index is 1440. The lowest BCUT2D eigenvalue weighted by molar-refractivity contribution is -0.130. The van der Waals surface area contributed by atoms with E-state index in [1.807, 2.05) is 0 Å². The topological polar surface area (TPSA) is 66.9 Å². The molecule has 12 heteroatoms. The molecule has 2 aliphatic rings. The second-order valence-electron chi connectivity index (χ2n) is 7.95. The number of hydrogen-bond acceptors (Lipinski definition) is 4. The largest absolute Gasteiger partial charge is 0.496 e. The Morgan fingerprint density at radius 1 is 0.722 bits per heavy atom. The van der Waals surface area contributed by atoms with Gasteiger partial charge >= 0.3 is 0 Å². The molecule has 2 atom stereocenters. The Morgan fingerprint density at radius 2 is 1.25 bits per heavy atom. The highest BCUT2D eigenvalue weighted by molar-refractivity contribution is 9.10. The van der Waals surface area contributed by atoms with Crippen molar-refractivity contribution in [1.82, 2.24) is 4.90 Å². The molecule has 0 N–H and O–H groups in total. The third-order valence-corrected chi connectivity index (χ3v) is 8.92. The van der Waals surface area contributed by atoms with Gasteiger partial charge in [-0.15, -0.1) is 0 Å². The molecule has 6 nitrogen and oxygen atoms in total. The molecular weight excluding hydrogens is 682 g/mol. The van der Waals surface area contributed by atoms with Crippen molar-refractivity contribution in [3.63, 3.8) is 0 Å². The van der Waals surface area contributed by atoms with E-state index in [1.54, 1.807) is 42.5 Å². The van der Waals surface area contributed by atoms with Crippen LogP contribution in [0.15, 0.2) is 51.4 Å². The summed E-state index contributed by atoms with van der Waals surface area (Å²) < 4.78 is 7.11. The van der Waals surface area contributed by atoms with Crippen molar-refractivity contribution in [2.24, 2.45) is 0 Å². The maximum atomic E-state index is 13.6. The van der Waals surface area contributed by atoms with Gasteiger partial charge in [-0.05, 0) is 42.5 Å². The number of rotatable bonds is 4. The number of benzene rings is 3. The van der Waals surface area contributed by atoms with Crippen molar-refractivity contribution in [1.29, 1.82) is 0 Å². The van der Waals surface area contributed by atoms with Crippen molar-refractivity contribution in [3.05, 3.63) is 88.2 Å². The summed E-state index contributed by atoms with van der Waals surface area (Å²) in [6, 6.07) is 10.4. The molecular formula is C24H12Br2Cl4N2O4. The number of hydrogen-bond donors (Lipinski definition) is 0. The minimum absolute atomic E-state index is 0.147. The maximum absolute atomic E-state index is 13.6. The highest BCUT2D eigenvalue weighted by Gasteiger charge is 2.59. The second-order valence-corrected chi connectivity index (χ2v) is 11.3. The molecule has 0 aromatic heterocycles. The fourth-order valence-corrected chi connectivity index (χ4v) is 6.14. The lowest BCUT2D eigenvalue weighted by atomic mass is 9.85. The van der Waals surface area contributed by atoms with Crippen molar-refractivity contribution >= 4 is 102 Å². The quantitative estimate of drug-likeness (QED) is 0.122. The normalized spacial score (nSPS) is 19.0. The third kappa shape index (κ3) is 3.77. The van der Waals surface area contributed by atoms with E-state index in [-0.39, 0.29) is 31.2 Å². The van der Waals surface area contributed by atoms with E-state index in [0.29, 0.717) is 17.0 Å². The van der Waals surface area contributed by atoms with Crippen molar-refractivity contribution in [2.75, 3.05) is 12.0 Å². The van der Waals surface area contributed by atoms with E-state index in [1.165, 1.54) is 12.0 Å². The van der Waals surface area contributed by atoms with Crippen LogP contribution in [0.5, 0.6) is 5.75 Å². The molecule has 0 radical (unpaired) electrons. The van der Waals surface area contributed by atoms with Gasteiger partial charge in [0.05, 0.1) is 44.4 Å². The van der Waals surface area contributed by atoms with Gasteiger partial charge in [-0.2, -0.15) is 0 Å². The van der Waals surface area contributed by atoms with Crippen molar-refractivity contribution < 1.29 is 19.1 Å². The monoisotopic (exact) mass is 690 g/mol. The lowest BCUT2D eigenvalue weighted by Gasteiger charge is -2.50. The summed E-state index contributed by atoms with van der Waals surface area (Å²) in [5.41, 5.74) is 0.793. The summed E-state index contributed by atoms with van der Waals surface area (Å²) in [6.07, 6.45) is 0. The number of fused-ring (bicyclic) bond motifs is 1. The van der Waals surface area contributed by atoms with Gasteiger partial charge in [0, 0.05) is 20.2 Å². The van der Waals surface area contributed by atoms with E-state index in [9.17, 15) is 14.4 Å². The van der Waals surface area contributed by atoms with E-state index < -0.39 is 29.8 Å². The Hall–Kier alpha value is -1.81. The molecule has 3 aromatic rings. The smallest absolute Gasteiger partial charge is 0.264 e. The average molecular weight is 694 g/mol. The fraction of sp³-hybridized carbons (Fsp3) is 0.125. The molecule has 2 unspecified atom stereocenters. The van der Waals surface area contributed by atoms with Gasteiger partial charge in [0.15, 0.2) is 0 Å². The standard InChI is InChI=1S/C24H12Br2Cl4N2O4/c1-36-13-7-4-10(26)8-12(13)20-21(24(35)31(20)11-5-2-9(25)3-6-11)32-22(33)14-15(23(32)34)17(28)19(30)18(29)16(14)27/h2-8,20-21H,1H3. The number of amides is 3. The number of carbonyl (C=O) groups is 3. The van der Waals surface area contributed by atoms with Gasteiger partial charge in [0.1, 0.15) is 11.8 Å². The Kier molecular flexibility index (Phi) is 6.81. The Labute approximate surface area is 242 Å². The van der Waals surface area contributed by atoms with Gasteiger partial charge in [0.25, 0.3) is 17.7 Å². The average Bonchev–Trinajstić information content (AvgIpc) is 3.11. The number of ether oxygens (including phenoxy) is 1. The van der Waals surface area contributed by atoms with Gasteiger partial charge in [-0.25, -0.2) is 0 Å². The van der Waals surface area contributed by atoms with Crippen LogP contribution in [0.2, 0.25) is 20.1 Å². The van der Waals surface area contributed by atoms with Crippen LogP contribution in [-0.2, 0) is 4.79 Å². The third-order valence-electron chi connectivity index (χ3n) is 6.09. The zero-order chi connectivity index (χ0) is 26.0. The van der Waals surface area contributed by atoms with Gasteiger partial charge in [-0.3, -0.25) is 19.3 Å². The van der Waals surface area contributed by atoms with Crippen LogP contribution in [0, 0.1) is 0 Å². The molecule has 36 heavy (non-hydrogen) atoms. The minimum atomic E-state index is -1.20. The Balaban J connectivity index is 1.67. The Morgan fingerprint density at radius 3 is 1.78 bits per heavy atom. The molecule has 0 bridgehead atoms. The highest BCUT2D eigenvalue weighted by atomic mass is 79.9. The van der Waals surface area contributed by atoms with Crippen LogP contribution in [0.4, 0.5) is 5.69 Å². The molecule has 0 aliphatic carbocycles. The van der Waals surface area contributed by atoms with Crippen LogP contribution >= 0.6 is 78.3 Å². The molecule has 3 aromatic carbocycles. The zero-order valence-electron chi connectivity index (χ0n) is 18.0. The number of halogens is 6. The number of methoxy groups -OCH3 is 1. The molecule has 0 spiro atoms. The number of nitrogens with zero attached hydrogens (tertiary/aromatic N) is 2. The first-order chi connectivity index (χ1) is 17.1. The molecule has 2 heterocycles. The number of carbonyl (C=O) groups excluding carboxylic acids is 3. The molecule has 2 aliphatic heterocycles. The zero-order valence-corrected chi connectivity index (χ0v) is 24.2. The van der Waals surface area contributed by atoms with Crippen LogP contribution in [-0.4, -0.2) is 35.8 Å². The van der Waals surface area contributed by atoms with Gasteiger partial charge in [-0.1, -0.05) is 78.3 Å². The number of β-lactam (4-membered cyclic amide) rings is 1. The van der Waals surface area contributed by atoms with Crippen molar-refractivity contribution in [3.8, 4) is 5.75 Å². The van der Waals surface area contributed by atoms with E-state index in [0.717, 1.165) is 13.8 Å². The molecule has 1 fully saturated rings. The SMILES string of the molecule is COc1ccc(Br)cc1C1C(N2C(=O)c3c(Cl)c(Cl)c(Cl)c(Cl)c3C2=O)C(=O)N1c1ccc(Br)cc1. The first kappa shape index (κ1) is 25.8. The molecule has 3 amide bonds. The molecule has 5 rings (SSSR count). The minimum Gasteiger partial charge on any atom is -0.496 e. The predicted octanol–water partition coefficient (Wildman–Crippen LogP) is 7.59. The van der Waals surface area contributed by atoms with Crippen molar-refractivity contribution in [2.45, 2.75) is 12.1 Å². The molecule has 184 valence electrons. The van der Waals surface area contributed by atoms with E-state index in [4.69, 9.17) is 51.1 Å². The number of anilines is 1. The van der Waals surface area contributed by atoms with Crippen LogP contribution in [0.1, 0.15) is 32.3 Å². The highest BCUT2D eigenvalue weighted by Crippen LogP contribution is 2.50. The summed E-state index contributed by atoms with van der Waals surface area (Å²) in [5.74, 6) is -1.56. The first-order valence-electron chi connectivity index (χ1n) is 10.2. The van der Waals surface area contributed by atoms with E-state index >= 15 is 0 Å². The van der Waals surface area contributed by atoms with Gasteiger partial charge in [0.2, 0.25) is 0 Å².